The summed E-state index contributed by atoms with van der Waals surface area (Å²) in [4.78, 5) is 34.4. The standard InChI is InChI=1S/C28H35N5O4S/c1-36-17-16-33(28(35)30-22-8-10-24(37-2)11-9-22)19-26-31-25(20-38-26)27(34)29-23-12-14-32(15-13-23)18-21-6-4-3-5-7-21/h3-11,20,23H,12-19H2,1-2H3,(H,29,34)(H,30,35). The van der Waals surface area contributed by atoms with E-state index in [9.17, 15) is 9.59 Å². The van der Waals surface area contributed by atoms with Crippen molar-refractivity contribution >= 4 is 29.0 Å². The largest absolute Gasteiger partial charge is 0.497 e. The molecule has 3 aromatic rings. The first-order valence-electron chi connectivity index (χ1n) is 12.7. The summed E-state index contributed by atoms with van der Waals surface area (Å²) in [5, 5.41) is 8.48. The maximum absolute atomic E-state index is 12.9. The molecule has 0 unspecified atom stereocenters. The minimum Gasteiger partial charge on any atom is -0.497 e. The molecule has 2 aromatic carbocycles. The van der Waals surface area contributed by atoms with E-state index in [1.807, 2.05) is 6.07 Å². The topological polar surface area (TPSA) is 96.0 Å². The highest BCUT2D eigenvalue weighted by atomic mass is 32.1. The van der Waals surface area contributed by atoms with Gasteiger partial charge in [0.2, 0.25) is 0 Å². The maximum atomic E-state index is 12.9. The summed E-state index contributed by atoms with van der Waals surface area (Å²) in [5.74, 6) is 0.547. The number of hydrogen-bond acceptors (Lipinski definition) is 7. The van der Waals surface area contributed by atoms with Gasteiger partial charge in [0, 0.05) is 50.4 Å². The third-order valence-corrected chi connectivity index (χ3v) is 7.31. The SMILES string of the molecule is COCCN(Cc1nc(C(=O)NC2CCN(Cc3ccccc3)CC2)cs1)C(=O)Nc1ccc(OC)cc1. The predicted molar refractivity (Wildman–Crippen MR) is 149 cm³/mol. The highest BCUT2D eigenvalue weighted by Gasteiger charge is 2.23. The number of carbonyl (C=O) groups is 2. The molecule has 0 bridgehead atoms. The zero-order valence-electron chi connectivity index (χ0n) is 21.9. The Morgan fingerprint density at radius 1 is 1.08 bits per heavy atom. The summed E-state index contributed by atoms with van der Waals surface area (Å²) in [6.45, 7) is 3.88. The molecule has 202 valence electrons. The van der Waals surface area contributed by atoms with Crippen LogP contribution in [0.2, 0.25) is 0 Å². The van der Waals surface area contributed by atoms with Crippen molar-refractivity contribution in [2.45, 2.75) is 32.0 Å². The predicted octanol–water partition coefficient (Wildman–Crippen LogP) is 4.23. The molecule has 1 saturated heterocycles. The molecule has 0 aliphatic carbocycles. The molecule has 2 heterocycles. The third-order valence-electron chi connectivity index (χ3n) is 6.48. The van der Waals surface area contributed by atoms with Gasteiger partial charge in [-0.25, -0.2) is 9.78 Å². The Bertz CT molecular complexity index is 1160. The van der Waals surface area contributed by atoms with Gasteiger partial charge in [-0.1, -0.05) is 30.3 Å². The number of likely N-dealkylation sites (tertiary alicyclic amines) is 1. The fourth-order valence-corrected chi connectivity index (χ4v) is 5.11. The van der Waals surface area contributed by atoms with E-state index >= 15 is 0 Å². The molecule has 0 spiro atoms. The van der Waals surface area contributed by atoms with Crippen molar-refractivity contribution in [3.63, 3.8) is 0 Å². The van der Waals surface area contributed by atoms with Crippen LogP contribution >= 0.6 is 11.3 Å². The molecule has 1 aliphatic heterocycles. The average molecular weight is 538 g/mol. The highest BCUT2D eigenvalue weighted by molar-refractivity contribution is 7.09. The van der Waals surface area contributed by atoms with Gasteiger partial charge in [0.15, 0.2) is 0 Å². The quantitative estimate of drug-likeness (QED) is 0.380. The lowest BCUT2D eigenvalue weighted by Crippen LogP contribution is -2.44. The van der Waals surface area contributed by atoms with Crippen LogP contribution in [-0.4, -0.2) is 73.2 Å². The number of nitrogens with one attached hydrogen (secondary N) is 2. The van der Waals surface area contributed by atoms with Crippen molar-refractivity contribution in [3.05, 3.63) is 76.2 Å². The summed E-state index contributed by atoms with van der Waals surface area (Å²) in [6, 6.07) is 17.4. The Kier molecular flexibility index (Phi) is 10.1. The molecule has 9 nitrogen and oxygen atoms in total. The number of rotatable bonds is 11. The molecule has 0 radical (unpaired) electrons. The van der Waals surface area contributed by atoms with Crippen LogP contribution in [0.15, 0.2) is 60.0 Å². The Morgan fingerprint density at radius 2 is 1.82 bits per heavy atom. The second-order valence-corrected chi connectivity index (χ2v) is 10.2. The summed E-state index contributed by atoms with van der Waals surface area (Å²) in [5.41, 5.74) is 2.36. The summed E-state index contributed by atoms with van der Waals surface area (Å²) in [7, 11) is 3.19. The van der Waals surface area contributed by atoms with E-state index in [1.165, 1.54) is 16.9 Å². The van der Waals surface area contributed by atoms with E-state index in [-0.39, 0.29) is 24.5 Å². The lowest BCUT2D eigenvalue weighted by Gasteiger charge is -2.32. The first kappa shape index (κ1) is 27.6. The van der Waals surface area contributed by atoms with Crippen LogP contribution < -0.4 is 15.4 Å². The van der Waals surface area contributed by atoms with Crippen molar-refractivity contribution in [1.29, 1.82) is 0 Å². The molecule has 1 aromatic heterocycles. The number of hydrogen-bond donors (Lipinski definition) is 2. The second-order valence-electron chi connectivity index (χ2n) is 9.21. The van der Waals surface area contributed by atoms with Crippen LogP contribution in [-0.2, 0) is 17.8 Å². The zero-order valence-corrected chi connectivity index (χ0v) is 22.7. The number of methoxy groups -OCH3 is 2. The van der Waals surface area contributed by atoms with Gasteiger partial charge >= 0.3 is 6.03 Å². The van der Waals surface area contributed by atoms with Crippen LogP contribution in [0, 0.1) is 0 Å². The lowest BCUT2D eigenvalue weighted by molar-refractivity contribution is 0.0904. The summed E-state index contributed by atoms with van der Waals surface area (Å²) >= 11 is 1.37. The molecule has 10 heteroatoms. The monoisotopic (exact) mass is 537 g/mol. The van der Waals surface area contributed by atoms with Gasteiger partial charge in [-0.3, -0.25) is 9.69 Å². The van der Waals surface area contributed by atoms with Crippen LogP contribution in [0.5, 0.6) is 5.75 Å². The number of amides is 3. The molecule has 38 heavy (non-hydrogen) atoms. The van der Waals surface area contributed by atoms with E-state index in [2.05, 4.69) is 44.8 Å². The van der Waals surface area contributed by atoms with Gasteiger partial charge in [0.25, 0.3) is 5.91 Å². The van der Waals surface area contributed by atoms with Gasteiger partial charge in [0.05, 0.1) is 20.3 Å². The van der Waals surface area contributed by atoms with Crippen LogP contribution in [0.3, 0.4) is 0 Å². The molecule has 2 N–H and O–H groups in total. The maximum Gasteiger partial charge on any atom is 0.322 e. The van der Waals surface area contributed by atoms with E-state index < -0.39 is 0 Å². The van der Waals surface area contributed by atoms with Gasteiger partial charge in [0.1, 0.15) is 16.5 Å². The minimum absolute atomic E-state index is 0.133. The van der Waals surface area contributed by atoms with Crippen molar-refractivity contribution in [2.75, 3.05) is 45.8 Å². The Balaban J connectivity index is 1.28. The van der Waals surface area contributed by atoms with Crippen molar-refractivity contribution in [1.82, 2.24) is 20.1 Å². The number of thiazole rings is 1. The number of piperidine rings is 1. The van der Waals surface area contributed by atoms with Crippen molar-refractivity contribution in [3.8, 4) is 5.75 Å². The molecule has 4 rings (SSSR count). The molecule has 1 aliphatic rings. The Morgan fingerprint density at radius 3 is 2.50 bits per heavy atom. The summed E-state index contributed by atoms with van der Waals surface area (Å²) in [6.07, 6.45) is 1.82. The van der Waals surface area contributed by atoms with E-state index in [1.54, 1.807) is 48.8 Å². The number of carbonyl (C=O) groups excluding carboxylic acids is 2. The zero-order chi connectivity index (χ0) is 26.7. The molecular formula is C28H35N5O4S. The third kappa shape index (κ3) is 8.01. The van der Waals surface area contributed by atoms with Crippen molar-refractivity contribution < 1.29 is 19.1 Å². The van der Waals surface area contributed by atoms with Gasteiger partial charge in [-0.05, 0) is 42.7 Å². The van der Waals surface area contributed by atoms with Gasteiger partial charge in [-0.2, -0.15) is 0 Å². The number of anilines is 1. The molecule has 0 atom stereocenters. The van der Waals surface area contributed by atoms with Gasteiger partial charge < -0.3 is 25.0 Å². The van der Waals surface area contributed by atoms with Crippen LogP contribution in [0.25, 0.3) is 0 Å². The fraction of sp³-hybridized carbons (Fsp3) is 0.393. The molecule has 1 fully saturated rings. The highest BCUT2D eigenvalue weighted by Crippen LogP contribution is 2.18. The van der Waals surface area contributed by atoms with Crippen LogP contribution in [0.1, 0.15) is 33.9 Å². The molecule has 0 saturated carbocycles. The smallest absolute Gasteiger partial charge is 0.322 e. The molecule has 3 amide bonds. The second kappa shape index (κ2) is 13.9. The fourth-order valence-electron chi connectivity index (χ4n) is 4.32. The number of urea groups is 1. The molecular weight excluding hydrogens is 502 g/mol. The van der Waals surface area contributed by atoms with Crippen molar-refractivity contribution in [2.24, 2.45) is 0 Å². The summed E-state index contributed by atoms with van der Waals surface area (Å²) < 4.78 is 10.4. The lowest BCUT2D eigenvalue weighted by atomic mass is 10.0. The average Bonchev–Trinajstić information content (AvgIpc) is 3.42. The minimum atomic E-state index is -0.268. The first-order valence-corrected chi connectivity index (χ1v) is 13.6. The number of ether oxygens (including phenoxy) is 2. The Hall–Kier alpha value is -3.47. The number of benzene rings is 2. The number of aromatic nitrogens is 1. The van der Waals surface area contributed by atoms with E-state index in [4.69, 9.17) is 9.47 Å². The van der Waals surface area contributed by atoms with E-state index in [0.717, 1.165) is 32.5 Å². The van der Waals surface area contributed by atoms with Gasteiger partial charge in [-0.15, -0.1) is 11.3 Å². The van der Waals surface area contributed by atoms with E-state index in [0.29, 0.717) is 35.3 Å². The Labute approximate surface area is 227 Å². The van der Waals surface area contributed by atoms with Crippen LogP contribution in [0.4, 0.5) is 10.5 Å². The normalized spacial score (nSPS) is 14.2. The first-order chi connectivity index (χ1) is 18.5. The number of nitrogens with zero attached hydrogens (tertiary/aromatic N) is 3.